The van der Waals surface area contributed by atoms with Gasteiger partial charge in [-0.05, 0) is 12.5 Å². The molecule has 1 aliphatic heterocycles. The molecule has 0 radical (unpaired) electrons. The first-order chi connectivity index (χ1) is 15.0. The SMILES string of the molecule is CCCCCCCCCCCCCCOC[C@H]1O[C@@H](n2ccc(N)nc2=O)[C@@H](O)[C@@H]1O.Cl. The lowest BCUT2D eigenvalue weighted by atomic mass is 10.1. The van der Waals surface area contributed by atoms with Gasteiger partial charge >= 0.3 is 5.69 Å². The molecule has 0 aromatic carbocycles. The topological polar surface area (TPSA) is 120 Å². The monoisotopic (exact) mass is 475 g/mol. The summed E-state index contributed by atoms with van der Waals surface area (Å²) in [6.07, 6.45) is 12.8. The van der Waals surface area contributed by atoms with E-state index in [1.165, 1.54) is 76.5 Å². The summed E-state index contributed by atoms with van der Waals surface area (Å²) in [5, 5.41) is 20.5. The second-order valence-corrected chi connectivity index (χ2v) is 8.55. The predicted molar refractivity (Wildman–Crippen MR) is 128 cm³/mol. The fourth-order valence-corrected chi connectivity index (χ4v) is 3.96. The molecule has 0 bridgehead atoms. The smallest absolute Gasteiger partial charge is 0.351 e. The molecule has 4 N–H and O–H groups in total. The largest absolute Gasteiger partial charge is 0.387 e. The van der Waals surface area contributed by atoms with Gasteiger partial charge in [0.25, 0.3) is 0 Å². The van der Waals surface area contributed by atoms with Gasteiger partial charge in [0.1, 0.15) is 24.1 Å². The van der Waals surface area contributed by atoms with Crippen molar-refractivity contribution in [3.05, 3.63) is 22.7 Å². The van der Waals surface area contributed by atoms with Crippen LogP contribution in [0.5, 0.6) is 0 Å². The minimum Gasteiger partial charge on any atom is -0.387 e. The van der Waals surface area contributed by atoms with E-state index in [4.69, 9.17) is 15.2 Å². The third-order valence-corrected chi connectivity index (χ3v) is 5.89. The van der Waals surface area contributed by atoms with E-state index in [0.717, 1.165) is 17.4 Å². The van der Waals surface area contributed by atoms with Gasteiger partial charge < -0.3 is 25.4 Å². The summed E-state index contributed by atoms with van der Waals surface area (Å²) in [5.74, 6) is 0.0941. The van der Waals surface area contributed by atoms with E-state index in [1.54, 1.807) is 0 Å². The van der Waals surface area contributed by atoms with Crippen LogP contribution in [0.15, 0.2) is 17.1 Å². The van der Waals surface area contributed by atoms with Crippen molar-refractivity contribution >= 4 is 18.2 Å². The highest BCUT2D eigenvalue weighted by molar-refractivity contribution is 5.85. The van der Waals surface area contributed by atoms with E-state index in [2.05, 4.69) is 11.9 Å². The number of ether oxygens (including phenoxy) is 2. The quantitative estimate of drug-likeness (QED) is 0.312. The summed E-state index contributed by atoms with van der Waals surface area (Å²) in [7, 11) is 0. The number of anilines is 1. The fourth-order valence-electron chi connectivity index (χ4n) is 3.96. The molecule has 4 atom stereocenters. The molecule has 1 fully saturated rings. The standard InChI is InChI=1S/C23H41N3O5.ClH/c1-2-3-4-5-6-7-8-9-10-11-12-13-16-30-17-18-20(27)21(28)22(31-18)26-15-14-19(24)25-23(26)29;/h14-15,18,20-22,27-28H,2-13,16-17H2,1H3,(H2,24,25,29);1H/t18-,20-,21+,22-;/m1./s1. The molecule has 1 aromatic rings. The van der Waals surface area contributed by atoms with Gasteiger partial charge in [0.15, 0.2) is 6.23 Å². The molecule has 0 unspecified atom stereocenters. The van der Waals surface area contributed by atoms with E-state index in [0.29, 0.717) is 6.61 Å². The highest BCUT2D eigenvalue weighted by atomic mass is 35.5. The molecule has 0 spiro atoms. The average Bonchev–Trinajstić information content (AvgIpc) is 3.02. The van der Waals surface area contributed by atoms with E-state index < -0.39 is 30.2 Å². The molecule has 186 valence electrons. The molecular weight excluding hydrogens is 434 g/mol. The molecule has 2 heterocycles. The van der Waals surface area contributed by atoms with Gasteiger partial charge in [-0.15, -0.1) is 12.4 Å². The molecule has 1 aliphatic rings. The molecular formula is C23H42ClN3O5. The fraction of sp³-hybridized carbons (Fsp3) is 0.826. The Balaban J connectivity index is 0.00000512. The van der Waals surface area contributed by atoms with Crippen LogP contribution in [0.2, 0.25) is 0 Å². The first-order valence-electron chi connectivity index (χ1n) is 12.0. The van der Waals surface area contributed by atoms with Crippen LogP contribution in [0.4, 0.5) is 5.82 Å². The minimum atomic E-state index is -1.23. The predicted octanol–water partition coefficient (Wildman–Crippen LogP) is 3.58. The number of aromatic nitrogens is 2. The van der Waals surface area contributed by atoms with Crippen molar-refractivity contribution < 1.29 is 19.7 Å². The number of nitrogens with zero attached hydrogens (tertiary/aromatic N) is 2. The number of nitrogens with two attached hydrogens (primary N) is 1. The van der Waals surface area contributed by atoms with Gasteiger partial charge in [-0.3, -0.25) is 4.57 Å². The van der Waals surface area contributed by atoms with Crippen molar-refractivity contribution in [3.8, 4) is 0 Å². The van der Waals surface area contributed by atoms with Crippen LogP contribution in [0.1, 0.15) is 90.2 Å². The average molecular weight is 476 g/mol. The molecule has 9 heteroatoms. The van der Waals surface area contributed by atoms with Crippen LogP contribution in [0, 0.1) is 0 Å². The number of halogens is 1. The van der Waals surface area contributed by atoms with Crippen molar-refractivity contribution in [1.82, 2.24) is 9.55 Å². The molecule has 0 saturated carbocycles. The Morgan fingerprint density at radius 2 is 1.56 bits per heavy atom. The van der Waals surface area contributed by atoms with Crippen molar-refractivity contribution in [2.45, 2.75) is 109 Å². The first-order valence-corrected chi connectivity index (χ1v) is 12.0. The lowest BCUT2D eigenvalue weighted by molar-refractivity contribution is -0.0686. The van der Waals surface area contributed by atoms with Gasteiger partial charge in [-0.2, -0.15) is 4.98 Å². The van der Waals surface area contributed by atoms with E-state index in [1.807, 2.05) is 0 Å². The summed E-state index contributed by atoms with van der Waals surface area (Å²) in [4.78, 5) is 15.6. The molecule has 8 nitrogen and oxygen atoms in total. The van der Waals surface area contributed by atoms with Crippen molar-refractivity contribution in [2.75, 3.05) is 18.9 Å². The maximum atomic E-state index is 12.0. The molecule has 2 rings (SSSR count). The normalized spacial score (nSPS) is 22.7. The lowest BCUT2D eigenvalue weighted by Crippen LogP contribution is -2.36. The van der Waals surface area contributed by atoms with Crippen LogP contribution < -0.4 is 11.4 Å². The van der Waals surface area contributed by atoms with Crippen LogP contribution in [0.25, 0.3) is 0 Å². The number of nitrogen functional groups attached to an aromatic ring is 1. The second-order valence-electron chi connectivity index (χ2n) is 8.55. The van der Waals surface area contributed by atoms with Gasteiger partial charge in [-0.25, -0.2) is 4.79 Å². The molecule has 1 saturated heterocycles. The zero-order valence-corrected chi connectivity index (χ0v) is 20.2. The van der Waals surface area contributed by atoms with Crippen LogP contribution >= 0.6 is 12.4 Å². The Morgan fingerprint density at radius 3 is 2.12 bits per heavy atom. The highest BCUT2D eigenvalue weighted by Crippen LogP contribution is 2.28. The van der Waals surface area contributed by atoms with Crippen molar-refractivity contribution in [2.24, 2.45) is 0 Å². The zero-order valence-electron chi connectivity index (χ0n) is 19.4. The van der Waals surface area contributed by atoms with Gasteiger partial charge in [0, 0.05) is 12.8 Å². The third kappa shape index (κ3) is 9.75. The molecule has 32 heavy (non-hydrogen) atoms. The van der Waals surface area contributed by atoms with Gasteiger partial charge in [-0.1, -0.05) is 77.6 Å². The number of aliphatic hydroxyl groups excluding tert-OH is 2. The van der Waals surface area contributed by atoms with Crippen molar-refractivity contribution in [1.29, 1.82) is 0 Å². The summed E-state index contributed by atoms with van der Waals surface area (Å²) >= 11 is 0. The number of rotatable bonds is 16. The Bertz CT molecular complexity index is 675. The zero-order chi connectivity index (χ0) is 22.5. The van der Waals surface area contributed by atoms with Crippen LogP contribution in [0.3, 0.4) is 0 Å². The van der Waals surface area contributed by atoms with E-state index >= 15 is 0 Å². The molecule has 0 aliphatic carbocycles. The van der Waals surface area contributed by atoms with Crippen LogP contribution in [-0.4, -0.2) is 51.3 Å². The number of unbranched alkanes of at least 4 members (excludes halogenated alkanes) is 11. The minimum absolute atomic E-state index is 0. The first kappa shape index (κ1) is 28.8. The summed E-state index contributed by atoms with van der Waals surface area (Å²) < 4.78 is 12.4. The highest BCUT2D eigenvalue weighted by Gasteiger charge is 2.44. The Morgan fingerprint density at radius 1 is 1.00 bits per heavy atom. The van der Waals surface area contributed by atoms with Gasteiger partial charge in [0.05, 0.1) is 6.61 Å². The maximum absolute atomic E-state index is 12.0. The van der Waals surface area contributed by atoms with Crippen LogP contribution in [-0.2, 0) is 9.47 Å². The summed E-state index contributed by atoms with van der Waals surface area (Å²) in [6, 6.07) is 1.45. The Labute approximate surface area is 197 Å². The third-order valence-electron chi connectivity index (χ3n) is 5.89. The number of hydrogen-bond acceptors (Lipinski definition) is 7. The molecule has 1 aromatic heterocycles. The lowest BCUT2D eigenvalue weighted by Gasteiger charge is -2.16. The Hall–Kier alpha value is -1.19. The summed E-state index contributed by atoms with van der Waals surface area (Å²) in [6.45, 7) is 3.01. The molecule has 0 amide bonds. The maximum Gasteiger partial charge on any atom is 0.351 e. The number of aliphatic hydroxyl groups is 2. The summed E-state index contributed by atoms with van der Waals surface area (Å²) in [5.41, 5.74) is 4.85. The van der Waals surface area contributed by atoms with Crippen molar-refractivity contribution in [3.63, 3.8) is 0 Å². The van der Waals surface area contributed by atoms with E-state index in [9.17, 15) is 15.0 Å². The van der Waals surface area contributed by atoms with E-state index in [-0.39, 0.29) is 24.8 Å². The van der Waals surface area contributed by atoms with Gasteiger partial charge in [0.2, 0.25) is 0 Å². The number of hydrogen-bond donors (Lipinski definition) is 3. The second kappa shape index (κ2) is 16.4. The Kier molecular flexibility index (Phi) is 14.8.